The Morgan fingerprint density at radius 3 is 2.71 bits per heavy atom. The van der Waals surface area contributed by atoms with Gasteiger partial charge in [0.05, 0.1) is 0 Å². The first-order chi connectivity index (χ1) is 10.0. The lowest BCUT2D eigenvalue weighted by atomic mass is 10.1. The van der Waals surface area contributed by atoms with Gasteiger partial charge in [-0.05, 0) is 36.6 Å². The van der Waals surface area contributed by atoms with Crippen LogP contribution in [0.15, 0.2) is 47.5 Å². The summed E-state index contributed by atoms with van der Waals surface area (Å²) < 4.78 is 26.9. The third kappa shape index (κ3) is 3.66. The fraction of sp³-hybridized carbons (Fsp3) is 0.200. The van der Waals surface area contributed by atoms with Crippen molar-refractivity contribution in [2.24, 2.45) is 0 Å². The van der Waals surface area contributed by atoms with Crippen molar-refractivity contribution in [3.05, 3.63) is 59.4 Å². The van der Waals surface area contributed by atoms with E-state index in [0.29, 0.717) is 6.42 Å². The first-order valence-corrected chi connectivity index (χ1v) is 7.92. The first kappa shape index (κ1) is 15.2. The lowest BCUT2D eigenvalue weighted by molar-refractivity contribution is 0.581. The fourth-order valence-electron chi connectivity index (χ4n) is 1.98. The molecule has 5 nitrogen and oxygen atoms in total. The van der Waals surface area contributed by atoms with Crippen LogP contribution < -0.4 is 4.72 Å². The van der Waals surface area contributed by atoms with Crippen LogP contribution in [0, 0.1) is 18.3 Å². The quantitative estimate of drug-likeness (QED) is 0.912. The predicted octanol–water partition coefficient (Wildman–Crippen LogP) is 1.78. The first-order valence-electron chi connectivity index (χ1n) is 6.44. The monoisotopic (exact) mass is 301 g/mol. The molecule has 0 saturated carbocycles. The minimum atomic E-state index is -3.72. The van der Waals surface area contributed by atoms with Crippen molar-refractivity contribution in [3.63, 3.8) is 0 Å². The highest BCUT2D eigenvalue weighted by Gasteiger charge is 2.18. The van der Waals surface area contributed by atoms with Gasteiger partial charge in [0, 0.05) is 12.7 Å². The van der Waals surface area contributed by atoms with E-state index in [1.165, 1.54) is 18.3 Å². The summed E-state index contributed by atoms with van der Waals surface area (Å²) in [6.45, 7) is 2.26. The van der Waals surface area contributed by atoms with Gasteiger partial charge in [-0.1, -0.05) is 24.3 Å². The predicted molar refractivity (Wildman–Crippen MR) is 79.0 cm³/mol. The maximum Gasteiger partial charge on any atom is 0.243 e. The molecule has 1 aromatic carbocycles. The van der Waals surface area contributed by atoms with Crippen LogP contribution in [-0.2, 0) is 16.4 Å². The standard InChI is InChI=1S/C15H15N3O2S/c1-12-5-2-3-6-13(12)8-10-18-21(19,20)15-7-4-9-17-14(15)11-16/h2-7,9,18H,8,10H2,1H3. The van der Waals surface area contributed by atoms with E-state index in [-0.39, 0.29) is 17.1 Å². The van der Waals surface area contributed by atoms with Gasteiger partial charge in [0.2, 0.25) is 10.0 Å². The Balaban J connectivity index is 2.09. The molecular formula is C15H15N3O2S. The van der Waals surface area contributed by atoms with Crippen LogP contribution in [0.2, 0.25) is 0 Å². The van der Waals surface area contributed by atoms with Crippen LogP contribution in [0.3, 0.4) is 0 Å². The molecule has 0 fully saturated rings. The number of benzene rings is 1. The van der Waals surface area contributed by atoms with Crippen LogP contribution in [0.1, 0.15) is 16.8 Å². The van der Waals surface area contributed by atoms with Crippen LogP contribution >= 0.6 is 0 Å². The number of nitrogens with zero attached hydrogens (tertiary/aromatic N) is 2. The Morgan fingerprint density at radius 2 is 2.00 bits per heavy atom. The number of aryl methyl sites for hydroxylation is 1. The second-order valence-corrected chi connectivity index (χ2v) is 6.27. The molecule has 0 saturated heterocycles. The summed E-state index contributed by atoms with van der Waals surface area (Å²) in [6.07, 6.45) is 1.99. The second-order valence-electron chi connectivity index (χ2n) is 4.54. The Morgan fingerprint density at radius 1 is 1.24 bits per heavy atom. The highest BCUT2D eigenvalue weighted by Crippen LogP contribution is 2.12. The zero-order valence-corrected chi connectivity index (χ0v) is 12.4. The molecule has 0 bridgehead atoms. The summed E-state index contributed by atoms with van der Waals surface area (Å²) in [6, 6.07) is 12.5. The van der Waals surface area contributed by atoms with E-state index in [2.05, 4.69) is 9.71 Å². The van der Waals surface area contributed by atoms with Gasteiger partial charge < -0.3 is 0 Å². The summed E-state index contributed by atoms with van der Waals surface area (Å²) in [5.41, 5.74) is 2.11. The average molecular weight is 301 g/mol. The van der Waals surface area contributed by atoms with Gasteiger partial charge in [-0.15, -0.1) is 0 Å². The lowest BCUT2D eigenvalue weighted by Gasteiger charge is -2.09. The smallest absolute Gasteiger partial charge is 0.243 e. The molecule has 1 aromatic heterocycles. The molecular weight excluding hydrogens is 286 g/mol. The molecule has 0 atom stereocenters. The Bertz CT molecular complexity index is 780. The number of nitrogens with one attached hydrogen (secondary N) is 1. The Labute approximate surface area is 124 Å². The van der Waals surface area contributed by atoms with Crippen molar-refractivity contribution >= 4 is 10.0 Å². The summed E-state index contributed by atoms with van der Waals surface area (Å²) >= 11 is 0. The SMILES string of the molecule is Cc1ccccc1CCNS(=O)(=O)c1cccnc1C#N. The molecule has 2 rings (SSSR count). The highest BCUT2D eigenvalue weighted by atomic mass is 32.2. The summed E-state index contributed by atoms with van der Waals surface area (Å²) in [7, 11) is -3.72. The van der Waals surface area contributed by atoms with E-state index in [1.54, 1.807) is 6.07 Å². The van der Waals surface area contributed by atoms with Gasteiger partial charge in [0.1, 0.15) is 11.0 Å². The molecule has 108 valence electrons. The third-order valence-corrected chi connectivity index (χ3v) is 4.61. The molecule has 0 unspecified atom stereocenters. The Kier molecular flexibility index (Phi) is 4.68. The average Bonchev–Trinajstić information content (AvgIpc) is 2.49. The zero-order valence-electron chi connectivity index (χ0n) is 11.6. The van der Waals surface area contributed by atoms with Gasteiger partial charge in [0.25, 0.3) is 0 Å². The van der Waals surface area contributed by atoms with E-state index in [0.717, 1.165) is 11.1 Å². The minimum absolute atomic E-state index is 0.0858. The highest BCUT2D eigenvalue weighted by molar-refractivity contribution is 7.89. The number of rotatable bonds is 5. The Hall–Kier alpha value is -2.23. The largest absolute Gasteiger partial charge is 0.244 e. The second kappa shape index (κ2) is 6.48. The fourth-order valence-corrected chi connectivity index (χ4v) is 3.12. The van der Waals surface area contributed by atoms with Gasteiger partial charge in [0.15, 0.2) is 5.69 Å². The van der Waals surface area contributed by atoms with Crippen LogP contribution in [-0.4, -0.2) is 19.9 Å². The number of pyridine rings is 1. The maximum absolute atomic E-state index is 12.2. The van der Waals surface area contributed by atoms with E-state index in [4.69, 9.17) is 5.26 Å². The van der Waals surface area contributed by atoms with Crippen molar-refractivity contribution in [3.8, 4) is 6.07 Å². The van der Waals surface area contributed by atoms with Gasteiger partial charge >= 0.3 is 0 Å². The van der Waals surface area contributed by atoms with E-state index in [1.807, 2.05) is 31.2 Å². The van der Waals surface area contributed by atoms with Crippen molar-refractivity contribution in [2.75, 3.05) is 6.54 Å². The lowest BCUT2D eigenvalue weighted by Crippen LogP contribution is -2.27. The van der Waals surface area contributed by atoms with Crippen molar-refractivity contribution in [2.45, 2.75) is 18.2 Å². The maximum atomic E-state index is 12.2. The molecule has 0 aliphatic rings. The molecule has 0 aliphatic carbocycles. The normalized spacial score (nSPS) is 11.0. The van der Waals surface area contributed by atoms with E-state index in [9.17, 15) is 8.42 Å². The number of aromatic nitrogens is 1. The number of nitriles is 1. The molecule has 2 aromatic rings. The van der Waals surface area contributed by atoms with E-state index < -0.39 is 10.0 Å². The summed E-state index contributed by atoms with van der Waals surface area (Å²) in [5, 5.41) is 8.92. The van der Waals surface area contributed by atoms with Crippen molar-refractivity contribution < 1.29 is 8.42 Å². The summed E-state index contributed by atoms with van der Waals surface area (Å²) in [4.78, 5) is 3.68. The zero-order chi connectivity index (χ0) is 15.3. The van der Waals surface area contributed by atoms with Gasteiger partial charge in [-0.3, -0.25) is 0 Å². The molecule has 21 heavy (non-hydrogen) atoms. The number of sulfonamides is 1. The number of hydrogen-bond acceptors (Lipinski definition) is 4. The van der Waals surface area contributed by atoms with E-state index >= 15 is 0 Å². The molecule has 0 amide bonds. The molecule has 1 N–H and O–H groups in total. The minimum Gasteiger partial charge on any atom is -0.244 e. The molecule has 0 aliphatic heterocycles. The number of hydrogen-bond donors (Lipinski definition) is 1. The molecule has 6 heteroatoms. The topological polar surface area (TPSA) is 82.8 Å². The third-order valence-electron chi connectivity index (χ3n) is 3.11. The van der Waals surface area contributed by atoms with Crippen LogP contribution in [0.4, 0.5) is 0 Å². The van der Waals surface area contributed by atoms with Crippen molar-refractivity contribution in [1.29, 1.82) is 5.26 Å². The van der Waals surface area contributed by atoms with Crippen molar-refractivity contribution in [1.82, 2.24) is 9.71 Å². The van der Waals surface area contributed by atoms with Gasteiger partial charge in [-0.25, -0.2) is 18.1 Å². The molecule has 0 radical (unpaired) electrons. The summed E-state index contributed by atoms with van der Waals surface area (Å²) in [5.74, 6) is 0. The van der Waals surface area contributed by atoms with Crippen LogP contribution in [0.25, 0.3) is 0 Å². The van der Waals surface area contributed by atoms with Gasteiger partial charge in [-0.2, -0.15) is 5.26 Å². The molecule has 1 heterocycles. The molecule has 0 spiro atoms. The van der Waals surface area contributed by atoms with Crippen LogP contribution in [0.5, 0.6) is 0 Å².